The van der Waals surface area contributed by atoms with Crippen molar-refractivity contribution in [2.45, 2.75) is 6.54 Å². The molecule has 1 N–H and O–H groups in total. The summed E-state index contributed by atoms with van der Waals surface area (Å²) < 4.78 is 1.38. The smallest absolute Gasteiger partial charge is 0.246 e. The number of benzene rings is 1. The molecule has 2 rings (SSSR count). The summed E-state index contributed by atoms with van der Waals surface area (Å²) in [6.07, 6.45) is 2.77. The monoisotopic (exact) mass is 261 g/mol. The van der Waals surface area contributed by atoms with Crippen molar-refractivity contribution in [3.8, 4) is 6.07 Å². The zero-order valence-electron chi connectivity index (χ0n) is 9.17. The van der Waals surface area contributed by atoms with Crippen LogP contribution in [0.1, 0.15) is 5.56 Å². The van der Waals surface area contributed by atoms with Crippen LogP contribution < -0.4 is 5.32 Å². The van der Waals surface area contributed by atoms with Gasteiger partial charge in [-0.25, -0.2) is 9.67 Å². The van der Waals surface area contributed by atoms with Gasteiger partial charge in [-0.05, 0) is 18.2 Å². The largest absolute Gasteiger partial charge is 0.323 e. The van der Waals surface area contributed by atoms with E-state index in [0.29, 0.717) is 16.3 Å². The molecule has 0 unspecified atom stereocenters. The van der Waals surface area contributed by atoms with E-state index in [-0.39, 0.29) is 12.5 Å². The number of nitrogens with zero attached hydrogens (tertiary/aromatic N) is 4. The van der Waals surface area contributed by atoms with Gasteiger partial charge in [-0.2, -0.15) is 10.4 Å². The topological polar surface area (TPSA) is 83.6 Å². The molecule has 0 spiro atoms. The summed E-state index contributed by atoms with van der Waals surface area (Å²) in [5.74, 6) is -0.306. The highest BCUT2D eigenvalue weighted by Crippen LogP contribution is 2.20. The number of aromatic nitrogens is 3. The van der Waals surface area contributed by atoms with Gasteiger partial charge in [0.2, 0.25) is 5.91 Å². The number of nitrogens with one attached hydrogen (secondary N) is 1. The van der Waals surface area contributed by atoms with Gasteiger partial charge in [0.15, 0.2) is 0 Å². The van der Waals surface area contributed by atoms with Crippen molar-refractivity contribution in [1.29, 1.82) is 5.26 Å². The Labute approximate surface area is 108 Å². The lowest BCUT2D eigenvalue weighted by Crippen LogP contribution is -2.19. The summed E-state index contributed by atoms with van der Waals surface area (Å²) in [5.41, 5.74) is 0.737. The fourth-order valence-electron chi connectivity index (χ4n) is 1.37. The molecule has 1 heterocycles. The average Bonchev–Trinajstić information content (AvgIpc) is 2.82. The zero-order chi connectivity index (χ0) is 13.0. The Morgan fingerprint density at radius 2 is 2.39 bits per heavy atom. The summed E-state index contributed by atoms with van der Waals surface area (Å²) in [6, 6.07) is 6.65. The van der Waals surface area contributed by atoms with Gasteiger partial charge in [0.1, 0.15) is 25.3 Å². The molecule has 1 amide bonds. The molecule has 0 saturated heterocycles. The van der Waals surface area contributed by atoms with Crippen LogP contribution in [0.4, 0.5) is 5.69 Å². The summed E-state index contributed by atoms with van der Waals surface area (Å²) in [5, 5.41) is 15.8. The Balaban J connectivity index is 2.12. The number of carbonyl (C=O) groups is 1. The first kappa shape index (κ1) is 12.1. The van der Waals surface area contributed by atoms with Crippen LogP contribution >= 0.6 is 11.6 Å². The van der Waals surface area contributed by atoms with E-state index in [0.717, 1.165) is 0 Å². The number of amides is 1. The van der Waals surface area contributed by atoms with Crippen LogP contribution in [0.5, 0.6) is 0 Å². The maximum atomic E-state index is 11.7. The number of carbonyl (C=O) groups excluding carboxylic acids is 1. The van der Waals surface area contributed by atoms with Gasteiger partial charge in [0, 0.05) is 5.02 Å². The molecule has 0 aliphatic heterocycles. The Morgan fingerprint density at radius 3 is 3.06 bits per heavy atom. The molecule has 7 heteroatoms. The van der Waals surface area contributed by atoms with Crippen LogP contribution in [0.2, 0.25) is 5.02 Å². The predicted octanol–water partition coefficient (Wildman–Crippen LogP) is 1.44. The molecule has 0 atom stereocenters. The van der Waals surface area contributed by atoms with E-state index in [1.807, 2.05) is 6.07 Å². The highest BCUT2D eigenvalue weighted by molar-refractivity contribution is 6.31. The molecule has 0 fully saturated rings. The van der Waals surface area contributed by atoms with Crippen LogP contribution in [-0.2, 0) is 11.3 Å². The van der Waals surface area contributed by atoms with Crippen molar-refractivity contribution in [2.24, 2.45) is 0 Å². The molecule has 0 radical (unpaired) electrons. The van der Waals surface area contributed by atoms with Crippen LogP contribution in [0.15, 0.2) is 30.9 Å². The van der Waals surface area contributed by atoms with Crippen molar-refractivity contribution in [2.75, 3.05) is 5.32 Å². The first-order chi connectivity index (χ1) is 8.69. The fourth-order valence-corrected chi connectivity index (χ4v) is 1.54. The first-order valence-electron chi connectivity index (χ1n) is 5.01. The maximum absolute atomic E-state index is 11.7. The third-order valence-electron chi connectivity index (χ3n) is 2.15. The van der Waals surface area contributed by atoms with E-state index in [1.54, 1.807) is 12.1 Å². The average molecular weight is 262 g/mol. The van der Waals surface area contributed by atoms with E-state index >= 15 is 0 Å². The molecule has 0 bridgehead atoms. The molecule has 6 nitrogen and oxygen atoms in total. The number of halogens is 1. The highest BCUT2D eigenvalue weighted by atomic mass is 35.5. The Bertz CT molecular complexity index is 602. The Hall–Kier alpha value is -2.39. The van der Waals surface area contributed by atoms with E-state index < -0.39 is 0 Å². The maximum Gasteiger partial charge on any atom is 0.246 e. The fraction of sp³-hybridized carbons (Fsp3) is 0.0909. The van der Waals surface area contributed by atoms with Crippen molar-refractivity contribution in [3.05, 3.63) is 41.4 Å². The lowest BCUT2D eigenvalue weighted by atomic mass is 10.2. The summed E-state index contributed by atoms with van der Waals surface area (Å²) >= 11 is 5.81. The number of anilines is 1. The second-order valence-corrected chi connectivity index (χ2v) is 3.88. The van der Waals surface area contributed by atoms with Crippen LogP contribution in [-0.4, -0.2) is 20.7 Å². The predicted molar refractivity (Wildman–Crippen MR) is 64.8 cm³/mol. The van der Waals surface area contributed by atoms with Crippen molar-refractivity contribution in [3.63, 3.8) is 0 Å². The lowest BCUT2D eigenvalue weighted by Gasteiger charge is -2.07. The number of hydrogen-bond acceptors (Lipinski definition) is 4. The van der Waals surface area contributed by atoms with Gasteiger partial charge in [-0.1, -0.05) is 11.6 Å². The molecule has 0 aliphatic carbocycles. The SMILES string of the molecule is N#Cc1ccc(Cl)cc1NC(=O)Cn1cncn1. The van der Waals surface area contributed by atoms with Crippen molar-refractivity contribution < 1.29 is 4.79 Å². The second-order valence-electron chi connectivity index (χ2n) is 3.44. The van der Waals surface area contributed by atoms with E-state index in [4.69, 9.17) is 16.9 Å². The van der Waals surface area contributed by atoms with Gasteiger partial charge in [-0.15, -0.1) is 0 Å². The second kappa shape index (κ2) is 5.29. The minimum atomic E-state index is -0.306. The van der Waals surface area contributed by atoms with Gasteiger partial charge in [0.05, 0.1) is 11.3 Å². The molecular weight excluding hydrogens is 254 g/mol. The molecule has 90 valence electrons. The number of hydrogen-bond donors (Lipinski definition) is 1. The van der Waals surface area contributed by atoms with Crippen LogP contribution in [0, 0.1) is 11.3 Å². The lowest BCUT2D eigenvalue weighted by molar-refractivity contribution is -0.116. The minimum Gasteiger partial charge on any atom is -0.323 e. The minimum absolute atomic E-state index is 0.0252. The molecule has 1 aromatic heterocycles. The number of nitriles is 1. The van der Waals surface area contributed by atoms with Crippen molar-refractivity contribution >= 4 is 23.2 Å². The van der Waals surface area contributed by atoms with Gasteiger partial charge in [0.25, 0.3) is 0 Å². The Morgan fingerprint density at radius 1 is 1.56 bits per heavy atom. The highest BCUT2D eigenvalue weighted by Gasteiger charge is 2.08. The van der Waals surface area contributed by atoms with Gasteiger partial charge in [-0.3, -0.25) is 4.79 Å². The van der Waals surface area contributed by atoms with Crippen molar-refractivity contribution in [1.82, 2.24) is 14.8 Å². The molecular formula is C11H8ClN5O. The molecule has 1 aromatic carbocycles. The molecule has 0 aliphatic rings. The summed E-state index contributed by atoms with van der Waals surface area (Å²) in [6.45, 7) is 0.0252. The summed E-state index contributed by atoms with van der Waals surface area (Å²) in [7, 11) is 0. The molecule has 18 heavy (non-hydrogen) atoms. The summed E-state index contributed by atoms with van der Waals surface area (Å²) in [4.78, 5) is 15.4. The zero-order valence-corrected chi connectivity index (χ0v) is 9.92. The van der Waals surface area contributed by atoms with Crippen LogP contribution in [0.25, 0.3) is 0 Å². The van der Waals surface area contributed by atoms with Gasteiger partial charge >= 0.3 is 0 Å². The third kappa shape index (κ3) is 2.84. The standard InChI is InChI=1S/C11H8ClN5O/c12-9-2-1-8(4-13)10(3-9)16-11(18)5-17-7-14-6-15-17/h1-3,6-7H,5H2,(H,16,18). The van der Waals surface area contributed by atoms with E-state index in [1.165, 1.54) is 23.4 Å². The molecule has 2 aromatic rings. The third-order valence-corrected chi connectivity index (χ3v) is 2.38. The van der Waals surface area contributed by atoms with E-state index in [9.17, 15) is 4.79 Å². The van der Waals surface area contributed by atoms with Crippen LogP contribution in [0.3, 0.4) is 0 Å². The normalized spacial score (nSPS) is 9.78. The first-order valence-corrected chi connectivity index (χ1v) is 5.39. The molecule has 0 saturated carbocycles. The Kier molecular flexibility index (Phi) is 3.55. The quantitative estimate of drug-likeness (QED) is 0.906. The van der Waals surface area contributed by atoms with E-state index in [2.05, 4.69) is 15.4 Å². The number of rotatable bonds is 3. The van der Waals surface area contributed by atoms with Gasteiger partial charge < -0.3 is 5.32 Å².